The van der Waals surface area contributed by atoms with Gasteiger partial charge in [-0.05, 0) is 24.6 Å². The summed E-state index contributed by atoms with van der Waals surface area (Å²) in [5, 5.41) is 12.3. The smallest absolute Gasteiger partial charge is 0.251 e. The molecule has 4 nitrogen and oxygen atoms in total. The topological polar surface area (TPSA) is 58.6 Å². The number of hydrogen-bond acceptors (Lipinski definition) is 3. The van der Waals surface area contributed by atoms with Gasteiger partial charge in [0.2, 0.25) is 0 Å². The van der Waals surface area contributed by atoms with Crippen molar-refractivity contribution in [2.45, 2.75) is 13.0 Å². The molecule has 0 unspecified atom stereocenters. The van der Waals surface area contributed by atoms with Crippen LogP contribution in [0.4, 0.5) is 0 Å². The largest absolute Gasteiger partial charge is 0.508 e. The average molecular weight is 207 g/mol. The Balaban J connectivity index is 2.07. The minimum atomic E-state index is -0.168. The Morgan fingerprint density at radius 2 is 2.27 bits per heavy atom. The average Bonchev–Trinajstić information content (AvgIpc) is 2.15. The molecule has 15 heavy (non-hydrogen) atoms. The zero-order valence-corrected chi connectivity index (χ0v) is 8.49. The molecule has 1 saturated heterocycles. The number of carbonyl (C=O) groups is 1. The molecule has 0 bridgehead atoms. The third-order valence-electron chi connectivity index (χ3n) is 2.44. The minimum absolute atomic E-state index is 0.112. The van der Waals surface area contributed by atoms with Crippen LogP contribution in [0, 0.1) is 6.92 Å². The SMILES string of the molecule is Cc1ccc(C(=O)NC2COC2)cc1O. The van der Waals surface area contributed by atoms with Crippen molar-refractivity contribution in [1.82, 2.24) is 5.32 Å². The summed E-state index contributed by atoms with van der Waals surface area (Å²) in [4.78, 5) is 11.6. The van der Waals surface area contributed by atoms with E-state index in [4.69, 9.17) is 4.74 Å². The molecule has 1 aromatic rings. The number of phenolic OH excluding ortho intramolecular Hbond substituents is 1. The molecule has 1 aromatic carbocycles. The van der Waals surface area contributed by atoms with Crippen LogP contribution in [-0.2, 0) is 4.74 Å². The fraction of sp³-hybridized carbons (Fsp3) is 0.364. The van der Waals surface area contributed by atoms with Gasteiger partial charge in [-0.25, -0.2) is 0 Å². The lowest BCUT2D eigenvalue weighted by atomic mass is 10.1. The maximum Gasteiger partial charge on any atom is 0.251 e. The quantitative estimate of drug-likeness (QED) is 0.755. The van der Waals surface area contributed by atoms with Crippen molar-refractivity contribution in [2.75, 3.05) is 13.2 Å². The molecule has 0 aromatic heterocycles. The standard InChI is InChI=1S/C11H13NO3/c1-7-2-3-8(4-10(7)13)11(14)12-9-5-15-6-9/h2-4,9,13H,5-6H2,1H3,(H,12,14). The molecule has 1 amide bonds. The maximum absolute atomic E-state index is 11.6. The molecular formula is C11H13NO3. The van der Waals surface area contributed by atoms with E-state index in [1.807, 2.05) is 0 Å². The highest BCUT2D eigenvalue weighted by atomic mass is 16.5. The number of benzene rings is 1. The first kappa shape index (κ1) is 9.98. The van der Waals surface area contributed by atoms with Gasteiger partial charge in [0.15, 0.2) is 0 Å². The Hall–Kier alpha value is -1.55. The molecule has 0 radical (unpaired) electrons. The van der Waals surface area contributed by atoms with Gasteiger partial charge in [0.1, 0.15) is 5.75 Å². The molecule has 0 aliphatic carbocycles. The molecule has 4 heteroatoms. The normalized spacial score (nSPS) is 15.8. The zero-order chi connectivity index (χ0) is 10.8. The molecule has 1 aliphatic heterocycles. The number of aromatic hydroxyl groups is 1. The van der Waals surface area contributed by atoms with Gasteiger partial charge < -0.3 is 15.2 Å². The van der Waals surface area contributed by atoms with Crippen molar-refractivity contribution >= 4 is 5.91 Å². The van der Waals surface area contributed by atoms with Gasteiger partial charge in [0, 0.05) is 5.56 Å². The molecular weight excluding hydrogens is 194 g/mol. The summed E-state index contributed by atoms with van der Waals surface area (Å²) in [5.41, 5.74) is 1.24. The van der Waals surface area contributed by atoms with Crippen molar-refractivity contribution < 1.29 is 14.6 Å². The van der Waals surface area contributed by atoms with Crippen LogP contribution < -0.4 is 5.32 Å². The predicted octanol–water partition coefficient (Wildman–Crippen LogP) is 0.829. The molecule has 1 fully saturated rings. The van der Waals surface area contributed by atoms with E-state index in [-0.39, 0.29) is 17.7 Å². The summed E-state index contributed by atoms with van der Waals surface area (Å²) in [6, 6.07) is 5.01. The summed E-state index contributed by atoms with van der Waals surface area (Å²) in [5.74, 6) is -0.0221. The van der Waals surface area contributed by atoms with E-state index in [9.17, 15) is 9.90 Å². The van der Waals surface area contributed by atoms with Crippen LogP contribution in [0.25, 0.3) is 0 Å². The third kappa shape index (κ3) is 2.10. The molecule has 80 valence electrons. The van der Waals surface area contributed by atoms with Crippen molar-refractivity contribution in [2.24, 2.45) is 0 Å². The number of phenols is 1. The van der Waals surface area contributed by atoms with Crippen LogP contribution >= 0.6 is 0 Å². The van der Waals surface area contributed by atoms with Gasteiger partial charge >= 0.3 is 0 Å². The summed E-state index contributed by atoms with van der Waals surface area (Å²) < 4.78 is 4.95. The Labute approximate surface area is 87.9 Å². The van der Waals surface area contributed by atoms with Gasteiger partial charge in [-0.1, -0.05) is 6.07 Å². The monoisotopic (exact) mass is 207 g/mol. The first-order valence-electron chi connectivity index (χ1n) is 4.85. The summed E-state index contributed by atoms with van der Waals surface area (Å²) >= 11 is 0. The van der Waals surface area contributed by atoms with Gasteiger partial charge in [-0.2, -0.15) is 0 Å². The lowest BCUT2D eigenvalue weighted by Gasteiger charge is -2.26. The molecule has 0 atom stereocenters. The van der Waals surface area contributed by atoms with Crippen LogP contribution in [0.5, 0.6) is 5.75 Å². The number of hydrogen-bond donors (Lipinski definition) is 2. The highest BCUT2D eigenvalue weighted by molar-refractivity contribution is 5.94. The highest BCUT2D eigenvalue weighted by Crippen LogP contribution is 2.17. The van der Waals surface area contributed by atoms with Gasteiger partial charge in [-0.15, -0.1) is 0 Å². The van der Waals surface area contributed by atoms with Gasteiger partial charge in [0.25, 0.3) is 5.91 Å². The summed E-state index contributed by atoms with van der Waals surface area (Å²) in [7, 11) is 0. The summed E-state index contributed by atoms with van der Waals surface area (Å²) in [6.07, 6.45) is 0. The molecule has 0 saturated carbocycles. The Bertz CT molecular complexity index is 385. The van der Waals surface area contributed by atoms with Crippen LogP contribution in [0.15, 0.2) is 18.2 Å². The van der Waals surface area contributed by atoms with Crippen molar-refractivity contribution in [3.8, 4) is 5.75 Å². The van der Waals surface area contributed by atoms with E-state index in [1.165, 1.54) is 6.07 Å². The van der Waals surface area contributed by atoms with Crippen molar-refractivity contribution in [3.63, 3.8) is 0 Å². The van der Waals surface area contributed by atoms with Crippen LogP contribution in [0.2, 0.25) is 0 Å². The zero-order valence-electron chi connectivity index (χ0n) is 8.49. The first-order valence-corrected chi connectivity index (χ1v) is 4.85. The van der Waals surface area contributed by atoms with Crippen molar-refractivity contribution in [1.29, 1.82) is 0 Å². The number of aryl methyl sites for hydroxylation is 1. The van der Waals surface area contributed by atoms with Crippen LogP contribution in [0.1, 0.15) is 15.9 Å². The van der Waals surface area contributed by atoms with Gasteiger partial charge in [0.05, 0.1) is 19.3 Å². The first-order chi connectivity index (χ1) is 7.16. The fourth-order valence-corrected chi connectivity index (χ4v) is 1.34. The predicted molar refractivity (Wildman–Crippen MR) is 54.9 cm³/mol. The van der Waals surface area contributed by atoms with E-state index in [1.54, 1.807) is 19.1 Å². The number of ether oxygens (including phenoxy) is 1. The highest BCUT2D eigenvalue weighted by Gasteiger charge is 2.21. The second-order valence-corrected chi connectivity index (χ2v) is 3.71. The fourth-order valence-electron chi connectivity index (χ4n) is 1.34. The van der Waals surface area contributed by atoms with Crippen molar-refractivity contribution in [3.05, 3.63) is 29.3 Å². The van der Waals surface area contributed by atoms with E-state index in [0.717, 1.165) is 5.56 Å². The van der Waals surface area contributed by atoms with Crippen LogP contribution in [-0.4, -0.2) is 30.3 Å². The van der Waals surface area contributed by atoms with E-state index in [0.29, 0.717) is 18.8 Å². The second kappa shape index (κ2) is 3.90. The molecule has 0 spiro atoms. The Morgan fingerprint density at radius 3 is 2.80 bits per heavy atom. The number of nitrogens with one attached hydrogen (secondary N) is 1. The number of amides is 1. The second-order valence-electron chi connectivity index (χ2n) is 3.71. The number of rotatable bonds is 2. The molecule has 1 aliphatic rings. The van der Waals surface area contributed by atoms with E-state index in [2.05, 4.69) is 5.32 Å². The van der Waals surface area contributed by atoms with E-state index < -0.39 is 0 Å². The molecule has 1 heterocycles. The minimum Gasteiger partial charge on any atom is -0.508 e. The summed E-state index contributed by atoms with van der Waals surface area (Å²) in [6.45, 7) is 2.93. The van der Waals surface area contributed by atoms with E-state index >= 15 is 0 Å². The Kier molecular flexibility index (Phi) is 2.60. The van der Waals surface area contributed by atoms with Gasteiger partial charge in [-0.3, -0.25) is 4.79 Å². The number of carbonyl (C=O) groups excluding carboxylic acids is 1. The molecule has 2 rings (SSSR count). The lowest BCUT2D eigenvalue weighted by molar-refractivity contribution is -0.00346. The third-order valence-corrected chi connectivity index (χ3v) is 2.44. The maximum atomic E-state index is 11.6. The Morgan fingerprint density at radius 1 is 1.53 bits per heavy atom. The lowest BCUT2D eigenvalue weighted by Crippen LogP contribution is -2.48. The van der Waals surface area contributed by atoms with Crippen LogP contribution in [0.3, 0.4) is 0 Å². The molecule has 2 N–H and O–H groups in total.